The van der Waals surface area contributed by atoms with Crippen LogP contribution in [0.2, 0.25) is 0 Å². The van der Waals surface area contributed by atoms with Crippen molar-refractivity contribution in [3.05, 3.63) is 0 Å². The highest BCUT2D eigenvalue weighted by molar-refractivity contribution is 5.84. The molecular weight excluding hydrogens is 266 g/mol. The van der Waals surface area contributed by atoms with Crippen LogP contribution in [-0.2, 0) is 9.53 Å². The summed E-state index contributed by atoms with van der Waals surface area (Å²) in [5.74, 6) is 0.582. The molecular formula is C16H31N3O2. The minimum absolute atomic E-state index is 0.236. The number of amides is 1. The van der Waals surface area contributed by atoms with Crippen LogP contribution in [0.25, 0.3) is 0 Å². The number of nitrogens with zero attached hydrogens (tertiary/aromatic N) is 1. The van der Waals surface area contributed by atoms with Crippen LogP contribution >= 0.6 is 0 Å². The molecule has 2 atom stereocenters. The van der Waals surface area contributed by atoms with Crippen molar-refractivity contribution in [2.45, 2.75) is 63.6 Å². The normalized spacial score (nSPS) is 23.0. The number of nitrogens with two attached hydrogens (primary N) is 1. The molecule has 2 aliphatic carbocycles. The Morgan fingerprint density at radius 3 is 2.52 bits per heavy atom. The van der Waals surface area contributed by atoms with Crippen LogP contribution in [0.15, 0.2) is 0 Å². The molecule has 2 rings (SSSR count). The Morgan fingerprint density at radius 1 is 1.38 bits per heavy atom. The van der Waals surface area contributed by atoms with E-state index in [4.69, 9.17) is 10.5 Å². The molecule has 2 fully saturated rings. The van der Waals surface area contributed by atoms with Gasteiger partial charge in [-0.3, -0.25) is 9.69 Å². The summed E-state index contributed by atoms with van der Waals surface area (Å²) in [6, 6.07) is 1.05. The summed E-state index contributed by atoms with van der Waals surface area (Å²) in [5, 5.41) is 3.43. The molecule has 2 aliphatic rings. The number of methoxy groups -OCH3 is 1. The largest absolute Gasteiger partial charge is 0.383 e. The number of hydrogen-bond donors (Lipinski definition) is 2. The van der Waals surface area contributed by atoms with Crippen LogP contribution in [0, 0.1) is 5.92 Å². The zero-order valence-electron chi connectivity index (χ0n) is 13.7. The first-order valence-electron chi connectivity index (χ1n) is 8.27. The number of primary amides is 1. The number of carbonyl (C=O) groups excluding carboxylic acids is 1. The molecule has 2 saturated carbocycles. The quantitative estimate of drug-likeness (QED) is 0.600. The lowest BCUT2D eigenvalue weighted by molar-refractivity contribution is -0.124. The van der Waals surface area contributed by atoms with Gasteiger partial charge in [0.25, 0.3) is 0 Å². The first-order chi connectivity index (χ1) is 9.96. The maximum absolute atomic E-state index is 11.8. The smallest absolute Gasteiger partial charge is 0.237 e. The van der Waals surface area contributed by atoms with Gasteiger partial charge >= 0.3 is 0 Å². The van der Waals surface area contributed by atoms with Crippen molar-refractivity contribution < 1.29 is 9.53 Å². The fourth-order valence-electron chi connectivity index (χ4n) is 2.92. The zero-order valence-corrected chi connectivity index (χ0v) is 13.7. The Labute approximate surface area is 128 Å². The molecule has 0 aromatic rings. The Balaban J connectivity index is 1.89. The second kappa shape index (κ2) is 7.07. The van der Waals surface area contributed by atoms with Crippen molar-refractivity contribution in [2.24, 2.45) is 11.7 Å². The van der Waals surface area contributed by atoms with Crippen molar-refractivity contribution in [1.29, 1.82) is 0 Å². The summed E-state index contributed by atoms with van der Waals surface area (Å²) in [5.41, 5.74) is 5.05. The molecule has 5 nitrogen and oxygen atoms in total. The summed E-state index contributed by atoms with van der Waals surface area (Å²) in [6.07, 6.45) is 5.75. The van der Waals surface area contributed by atoms with Gasteiger partial charge in [0, 0.05) is 32.3 Å². The molecule has 0 aromatic carbocycles. The number of hydrogen-bond acceptors (Lipinski definition) is 4. The zero-order chi connectivity index (χ0) is 15.5. The average Bonchev–Trinajstić information content (AvgIpc) is 3.31. The van der Waals surface area contributed by atoms with E-state index in [-0.39, 0.29) is 5.91 Å². The number of carbonyl (C=O) groups is 1. The van der Waals surface area contributed by atoms with E-state index < -0.39 is 5.54 Å². The van der Waals surface area contributed by atoms with E-state index in [1.165, 1.54) is 12.8 Å². The Kier molecular flexibility index (Phi) is 5.63. The fraction of sp³-hybridized carbons (Fsp3) is 0.938. The van der Waals surface area contributed by atoms with E-state index in [0.717, 1.165) is 44.9 Å². The third kappa shape index (κ3) is 4.94. The van der Waals surface area contributed by atoms with Gasteiger partial charge in [0.15, 0.2) is 0 Å². The highest BCUT2D eigenvalue weighted by atomic mass is 16.5. The summed E-state index contributed by atoms with van der Waals surface area (Å²) in [4.78, 5) is 14.3. The Morgan fingerprint density at radius 2 is 2.05 bits per heavy atom. The van der Waals surface area contributed by atoms with Gasteiger partial charge in [0.05, 0.1) is 12.1 Å². The minimum Gasteiger partial charge on any atom is -0.383 e. The van der Waals surface area contributed by atoms with E-state index in [2.05, 4.69) is 17.1 Å². The summed E-state index contributed by atoms with van der Waals surface area (Å²) in [6.45, 7) is 6.79. The molecule has 2 unspecified atom stereocenters. The van der Waals surface area contributed by atoms with Gasteiger partial charge in [-0.25, -0.2) is 0 Å². The second-order valence-corrected chi connectivity index (χ2v) is 6.97. The molecule has 0 radical (unpaired) electrons. The van der Waals surface area contributed by atoms with Gasteiger partial charge in [-0.2, -0.15) is 0 Å². The molecule has 0 heterocycles. The third-order valence-corrected chi connectivity index (χ3v) is 5.01. The van der Waals surface area contributed by atoms with E-state index in [1.807, 2.05) is 6.92 Å². The lowest BCUT2D eigenvalue weighted by atomic mass is 9.95. The predicted molar refractivity (Wildman–Crippen MR) is 84.0 cm³/mol. The van der Waals surface area contributed by atoms with Crippen molar-refractivity contribution in [3.8, 4) is 0 Å². The third-order valence-electron chi connectivity index (χ3n) is 5.01. The summed E-state index contributed by atoms with van der Waals surface area (Å²) < 4.78 is 5.23. The summed E-state index contributed by atoms with van der Waals surface area (Å²) in [7, 11) is 1.74. The van der Waals surface area contributed by atoms with Crippen LogP contribution in [0.3, 0.4) is 0 Å². The first-order valence-corrected chi connectivity index (χ1v) is 8.27. The van der Waals surface area contributed by atoms with Crippen LogP contribution in [0.1, 0.15) is 46.0 Å². The predicted octanol–water partition coefficient (Wildman–Crippen LogP) is 1.12. The first kappa shape index (κ1) is 16.7. The van der Waals surface area contributed by atoms with Crippen molar-refractivity contribution in [1.82, 2.24) is 10.2 Å². The van der Waals surface area contributed by atoms with Gasteiger partial charge in [0.1, 0.15) is 0 Å². The number of rotatable bonds is 11. The molecule has 5 heteroatoms. The standard InChI is InChI=1S/C16H31N3O2/c1-12(13-4-5-13)19(10-11-21-3)9-8-16(2,15(17)20)18-14-6-7-14/h12-14,18H,4-11H2,1-3H3,(H2,17,20). The molecule has 0 aliphatic heterocycles. The lowest BCUT2D eigenvalue weighted by Crippen LogP contribution is -2.56. The molecule has 122 valence electrons. The number of nitrogens with one attached hydrogen (secondary N) is 1. The number of ether oxygens (including phenoxy) is 1. The van der Waals surface area contributed by atoms with E-state index in [1.54, 1.807) is 7.11 Å². The lowest BCUT2D eigenvalue weighted by Gasteiger charge is -2.34. The van der Waals surface area contributed by atoms with Gasteiger partial charge in [-0.05, 0) is 51.9 Å². The van der Waals surface area contributed by atoms with E-state index in [0.29, 0.717) is 12.1 Å². The molecule has 3 N–H and O–H groups in total. The van der Waals surface area contributed by atoms with Gasteiger partial charge < -0.3 is 15.8 Å². The minimum atomic E-state index is -0.588. The van der Waals surface area contributed by atoms with Gasteiger partial charge in [0.2, 0.25) is 5.91 Å². The summed E-state index contributed by atoms with van der Waals surface area (Å²) >= 11 is 0. The average molecular weight is 297 g/mol. The molecule has 0 aromatic heterocycles. The van der Waals surface area contributed by atoms with Crippen LogP contribution in [0.4, 0.5) is 0 Å². The SMILES string of the molecule is COCCN(CCC(C)(NC1CC1)C(N)=O)C(C)C1CC1. The van der Waals surface area contributed by atoms with Crippen LogP contribution in [0.5, 0.6) is 0 Å². The highest BCUT2D eigenvalue weighted by Gasteiger charge is 2.38. The highest BCUT2D eigenvalue weighted by Crippen LogP contribution is 2.35. The topological polar surface area (TPSA) is 67.6 Å². The van der Waals surface area contributed by atoms with Crippen molar-refractivity contribution >= 4 is 5.91 Å². The maximum atomic E-state index is 11.8. The second-order valence-electron chi connectivity index (χ2n) is 6.97. The molecule has 0 saturated heterocycles. The van der Waals surface area contributed by atoms with Gasteiger partial charge in [-0.1, -0.05) is 0 Å². The van der Waals surface area contributed by atoms with E-state index in [9.17, 15) is 4.79 Å². The Hall–Kier alpha value is -0.650. The molecule has 0 bridgehead atoms. The van der Waals surface area contributed by atoms with Crippen molar-refractivity contribution in [3.63, 3.8) is 0 Å². The van der Waals surface area contributed by atoms with Gasteiger partial charge in [-0.15, -0.1) is 0 Å². The molecule has 0 spiro atoms. The monoisotopic (exact) mass is 297 g/mol. The maximum Gasteiger partial charge on any atom is 0.237 e. The Bertz CT molecular complexity index is 355. The fourth-order valence-corrected chi connectivity index (χ4v) is 2.92. The molecule has 21 heavy (non-hydrogen) atoms. The molecule has 1 amide bonds. The van der Waals surface area contributed by atoms with Crippen LogP contribution in [-0.4, -0.2) is 55.2 Å². The van der Waals surface area contributed by atoms with E-state index >= 15 is 0 Å². The van der Waals surface area contributed by atoms with Crippen molar-refractivity contribution in [2.75, 3.05) is 26.8 Å². The van der Waals surface area contributed by atoms with Crippen LogP contribution < -0.4 is 11.1 Å².